The van der Waals surface area contributed by atoms with Crippen LogP contribution in [0.2, 0.25) is 0 Å². The van der Waals surface area contributed by atoms with E-state index in [-0.39, 0.29) is 10.7 Å². The second kappa shape index (κ2) is 3.85. The van der Waals surface area contributed by atoms with E-state index in [0.29, 0.717) is 0 Å². The highest BCUT2D eigenvalue weighted by atomic mass is 35.5. The molecule has 0 saturated carbocycles. The van der Waals surface area contributed by atoms with E-state index < -0.39 is 4.92 Å². The Kier molecular flexibility index (Phi) is 3.43. The highest BCUT2D eigenvalue weighted by Crippen LogP contribution is 2.01. The van der Waals surface area contributed by atoms with Crippen LogP contribution in [0, 0.1) is 10.1 Å². The molecule has 0 spiro atoms. The molecule has 0 aliphatic heterocycles. The standard InChI is InChI=1S/C6H6ClNO2/c1-5(7)3-4-6(2)8(9)10/h3-4H,1-2H2/b4-3-. The van der Waals surface area contributed by atoms with Gasteiger partial charge in [0.15, 0.2) is 0 Å². The zero-order valence-electron chi connectivity index (χ0n) is 5.21. The third kappa shape index (κ3) is 3.86. The molecular weight excluding hydrogens is 154 g/mol. The van der Waals surface area contributed by atoms with Gasteiger partial charge in [-0.3, -0.25) is 10.1 Å². The van der Waals surface area contributed by atoms with Crippen molar-refractivity contribution in [1.82, 2.24) is 0 Å². The minimum absolute atomic E-state index is 0.207. The Morgan fingerprint density at radius 2 is 2.00 bits per heavy atom. The number of halogens is 1. The predicted octanol–water partition coefficient (Wildman–Crippen LogP) is 2.09. The molecule has 0 atom stereocenters. The van der Waals surface area contributed by atoms with Crippen LogP contribution < -0.4 is 0 Å². The number of hydrogen-bond acceptors (Lipinski definition) is 2. The Morgan fingerprint density at radius 3 is 2.30 bits per heavy atom. The van der Waals surface area contributed by atoms with Gasteiger partial charge in [-0.1, -0.05) is 18.2 Å². The first-order valence-electron chi connectivity index (χ1n) is 2.40. The Hall–Kier alpha value is -1.09. The lowest BCUT2D eigenvalue weighted by Gasteiger charge is -1.84. The monoisotopic (exact) mass is 159 g/mol. The summed E-state index contributed by atoms with van der Waals surface area (Å²) >= 11 is 5.28. The van der Waals surface area contributed by atoms with Crippen molar-refractivity contribution in [1.29, 1.82) is 0 Å². The molecule has 54 valence electrons. The van der Waals surface area contributed by atoms with E-state index >= 15 is 0 Å². The summed E-state index contributed by atoms with van der Waals surface area (Å²) in [6, 6.07) is 0. The fourth-order valence-corrected chi connectivity index (χ4v) is 0.310. The predicted molar refractivity (Wildman–Crippen MR) is 40.3 cm³/mol. The van der Waals surface area contributed by atoms with E-state index in [1.165, 1.54) is 12.2 Å². The van der Waals surface area contributed by atoms with Crippen LogP contribution in [-0.2, 0) is 0 Å². The fraction of sp³-hybridized carbons (Fsp3) is 0. The van der Waals surface area contributed by atoms with Gasteiger partial charge < -0.3 is 0 Å². The first kappa shape index (κ1) is 8.91. The molecule has 10 heavy (non-hydrogen) atoms. The van der Waals surface area contributed by atoms with Crippen molar-refractivity contribution in [3.63, 3.8) is 0 Å². The average molecular weight is 160 g/mol. The van der Waals surface area contributed by atoms with Crippen molar-refractivity contribution in [2.24, 2.45) is 0 Å². The number of hydrogen-bond donors (Lipinski definition) is 0. The Labute approximate surface area is 63.5 Å². The quantitative estimate of drug-likeness (QED) is 0.360. The van der Waals surface area contributed by atoms with Crippen LogP contribution in [0.15, 0.2) is 36.0 Å². The summed E-state index contributed by atoms with van der Waals surface area (Å²) in [5, 5.41) is 10.1. The van der Waals surface area contributed by atoms with E-state index in [0.717, 1.165) is 0 Å². The van der Waals surface area contributed by atoms with Gasteiger partial charge in [0, 0.05) is 11.1 Å². The molecule has 0 aromatic heterocycles. The highest BCUT2D eigenvalue weighted by molar-refractivity contribution is 6.30. The topological polar surface area (TPSA) is 43.1 Å². The molecule has 0 unspecified atom stereocenters. The molecule has 0 bridgehead atoms. The van der Waals surface area contributed by atoms with E-state index in [9.17, 15) is 10.1 Å². The molecule has 0 radical (unpaired) electrons. The number of allylic oxidation sites excluding steroid dienone is 3. The van der Waals surface area contributed by atoms with Crippen LogP contribution >= 0.6 is 11.6 Å². The molecule has 0 heterocycles. The number of nitro groups is 1. The normalized spacial score (nSPS) is 9.70. The second-order valence-electron chi connectivity index (χ2n) is 1.53. The van der Waals surface area contributed by atoms with Crippen molar-refractivity contribution in [3.05, 3.63) is 46.2 Å². The Morgan fingerprint density at radius 1 is 1.50 bits per heavy atom. The summed E-state index contributed by atoms with van der Waals surface area (Å²) in [4.78, 5) is 9.29. The number of rotatable bonds is 3. The van der Waals surface area contributed by atoms with Gasteiger partial charge in [0.2, 0.25) is 0 Å². The lowest BCUT2D eigenvalue weighted by molar-refractivity contribution is -0.418. The van der Waals surface area contributed by atoms with E-state index in [2.05, 4.69) is 13.2 Å². The van der Waals surface area contributed by atoms with Crippen molar-refractivity contribution >= 4 is 11.6 Å². The third-order valence-electron chi connectivity index (χ3n) is 0.691. The van der Waals surface area contributed by atoms with Crippen LogP contribution in [-0.4, -0.2) is 4.92 Å². The van der Waals surface area contributed by atoms with Crippen molar-refractivity contribution in [3.8, 4) is 0 Å². The van der Waals surface area contributed by atoms with Crippen molar-refractivity contribution in [2.45, 2.75) is 0 Å². The maximum atomic E-state index is 9.89. The maximum absolute atomic E-state index is 9.89. The van der Waals surface area contributed by atoms with Gasteiger partial charge in [0.05, 0.1) is 4.92 Å². The SMILES string of the molecule is C=C(Cl)/C=C\C(=C)[N+](=O)[O-]. The molecule has 0 aliphatic carbocycles. The summed E-state index contributed by atoms with van der Waals surface area (Å²) in [6.07, 6.45) is 2.50. The lowest BCUT2D eigenvalue weighted by atomic mass is 10.4. The molecule has 0 aromatic carbocycles. The van der Waals surface area contributed by atoms with Crippen LogP contribution in [0.5, 0.6) is 0 Å². The van der Waals surface area contributed by atoms with Gasteiger partial charge in [-0.2, -0.15) is 0 Å². The molecular formula is C6H6ClNO2. The van der Waals surface area contributed by atoms with Gasteiger partial charge in [-0.25, -0.2) is 0 Å². The van der Waals surface area contributed by atoms with Crippen molar-refractivity contribution in [2.75, 3.05) is 0 Å². The Balaban J connectivity index is 4.03. The molecule has 0 aromatic rings. The summed E-state index contributed by atoms with van der Waals surface area (Å²) in [6.45, 7) is 6.44. The van der Waals surface area contributed by atoms with Gasteiger partial charge in [0.25, 0.3) is 5.70 Å². The summed E-state index contributed by atoms with van der Waals surface area (Å²) < 4.78 is 0. The molecule has 3 nitrogen and oxygen atoms in total. The zero-order valence-corrected chi connectivity index (χ0v) is 5.97. The summed E-state index contributed by atoms with van der Waals surface area (Å²) in [5.74, 6) is 0. The fourth-order valence-electron chi connectivity index (χ4n) is 0.247. The molecule has 0 N–H and O–H groups in total. The second-order valence-corrected chi connectivity index (χ2v) is 2.01. The third-order valence-corrected chi connectivity index (χ3v) is 0.817. The van der Waals surface area contributed by atoms with Gasteiger partial charge in [-0.15, -0.1) is 0 Å². The molecule has 0 saturated heterocycles. The Bertz CT molecular complexity index is 208. The van der Waals surface area contributed by atoms with Gasteiger partial charge in [0.1, 0.15) is 0 Å². The first-order valence-corrected chi connectivity index (χ1v) is 2.77. The lowest BCUT2D eigenvalue weighted by Crippen LogP contribution is -1.91. The van der Waals surface area contributed by atoms with Crippen LogP contribution in [0.4, 0.5) is 0 Å². The van der Waals surface area contributed by atoms with E-state index in [1.54, 1.807) is 0 Å². The average Bonchev–Trinajstić information content (AvgIpc) is 1.82. The largest absolute Gasteiger partial charge is 0.262 e. The van der Waals surface area contributed by atoms with Gasteiger partial charge in [-0.05, 0) is 12.7 Å². The molecule has 0 rings (SSSR count). The van der Waals surface area contributed by atoms with E-state index in [4.69, 9.17) is 11.6 Å². The molecule has 0 aliphatic rings. The van der Waals surface area contributed by atoms with E-state index in [1.807, 2.05) is 0 Å². The van der Waals surface area contributed by atoms with Crippen LogP contribution in [0.25, 0.3) is 0 Å². The minimum atomic E-state index is -0.601. The highest BCUT2D eigenvalue weighted by Gasteiger charge is 1.98. The summed E-state index contributed by atoms with van der Waals surface area (Å²) in [5.41, 5.74) is -0.207. The molecule has 0 amide bonds. The van der Waals surface area contributed by atoms with Crippen LogP contribution in [0.3, 0.4) is 0 Å². The van der Waals surface area contributed by atoms with Crippen LogP contribution in [0.1, 0.15) is 0 Å². The number of nitrogens with zero attached hydrogens (tertiary/aromatic N) is 1. The smallest absolute Gasteiger partial charge is 0.258 e. The summed E-state index contributed by atoms with van der Waals surface area (Å²) in [7, 11) is 0. The first-order chi connectivity index (χ1) is 4.54. The maximum Gasteiger partial charge on any atom is 0.262 e. The zero-order chi connectivity index (χ0) is 8.15. The van der Waals surface area contributed by atoms with Crippen molar-refractivity contribution < 1.29 is 4.92 Å². The van der Waals surface area contributed by atoms with Gasteiger partial charge >= 0.3 is 0 Å². The molecule has 0 fully saturated rings. The molecule has 4 heteroatoms. The minimum Gasteiger partial charge on any atom is -0.258 e.